The lowest BCUT2D eigenvalue weighted by Crippen LogP contribution is -2.42. The SMILES string of the molecule is Cc1ccc(CC(C)NC(=O)NCCC(C)C(=O)O)s1. The van der Waals surface area contributed by atoms with E-state index in [2.05, 4.69) is 29.7 Å². The molecule has 20 heavy (non-hydrogen) atoms. The molecule has 1 aromatic rings. The molecule has 1 rings (SSSR count). The summed E-state index contributed by atoms with van der Waals surface area (Å²) in [6.07, 6.45) is 1.23. The van der Waals surface area contributed by atoms with Gasteiger partial charge in [-0.3, -0.25) is 4.79 Å². The highest BCUT2D eigenvalue weighted by Crippen LogP contribution is 2.16. The standard InChI is InChI=1S/C14H22N2O3S/c1-9(13(17)18)6-7-15-14(19)16-10(2)8-12-5-4-11(3)20-12/h4-5,9-10H,6-8H2,1-3H3,(H,17,18)(H2,15,16,19). The van der Waals surface area contributed by atoms with Gasteiger partial charge in [0.2, 0.25) is 0 Å². The molecule has 0 bridgehead atoms. The van der Waals surface area contributed by atoms with Gasteiger partial charge in [0.1, 0.15) is 0 Å². The summed E-state index contributed by atoms with van der Waals surface area (Å²) in [7, 11) is 0. The van der Waals surface area contributed by atoms with Crippen molar-refractivity contribution >= 4 is 23.3 Å². The maximum atomic E-state index is 11.6. The van der Waals surface area contributed by atoms with Gasteiger partial charge in [-0.1, -0.05) is 6.92 Å². The first-order valence-corrected chi connectivity index (χ1v) is 7.52. The summed E-state index contributed by atoms with van der Waals surface area (Å²) in [4.78, 5) is 24.8. The summed E-state index contributed by atoms with van der Waals surface area (Å²) < 4.78 is 0. The third-order valence-corrected chi connectivity index (χ3v) is 3.99. The van der Waals surface area contributed by atoms with E-state index in [1.165, 1.54) is 9.75 Å². The zero-order valence-electron chi connectivity index (χ0n) is 12.1. The normalized spacial score (nSPS) is 13.6. The fraction of sp³-hybridized carbons (Fsp3) is 0.571. The van der Waals surface area contributed by atoms with Gasteiger partial charge in [0, 0.05) is 28.8 Å². The van der Waals surface area contributed by atoms with Crippen molar-refractivity contribution in [3.63, 3.8) is 0 Å². The number of thiophene rings is 1. The molecule has 0 saturated heterocycles. The monoisotopic (exact) mass is 298 g/mol. The number of hydrogen-bond donors (Lipinski definition) is 3. The van der Waals surface area contributed by atoms with Crippen molar-refractivity contribution in [1.82, 2.24) is 10.6 Å². The lowest BCUT2D eigenvalue weighted by atomic mass is 10.1. The van der Waals surface area contributed by atoms with Crippen molar-refractivity contribution in [2.75, 3.05) is 6.54 Å². The average molecular weight is 298 g/mol. The Hall–Kier alpha value is -1.56. The van der Waals surface area contributed by atoms with Crippen molar-refractivity contribution in [2.24, 2.45) is 5.92 Å². The van der Waals surface area contributed by atoms with Gasteiger partial charge < -0.3 is 15.7 Å². The molecule has 0 aliphatic carbocycles. The first-order valence-electron chi connectivity index (χ1n) is 6.71. The fourth-order valence-electron chi connectivity index (χ4n) is 1.75. The molecule has 0 aliphatic rings. The molecule has 0 aromatic carbocycles. The molecule has 112 valence electrons. The van der Waals surface area contributed by atoms with Crippen LogP contribution in [0.5, 0.6) is 0 Å². The maximum Gasteiger partial charge on any atom is 0.315 e. The number of aryl methyl sites for hydroxylation is 1. The quantitative estimate of drug-likeness (QED) is 0.723. The topological polar surface area (TPSA) is 78.4 Å². The van der Waals surface area contributed by atoms with E-state index in [0.29, 0.717) is 13.0 Å². The Morgan fingerprint density at radius 2 is 2.05 bits per heavy atom. The number of amides is 2. The van der Waals surface area contributed by atoms with Gasteiger partial charge in [-0.2, -0.15) is 0 Å². The van der Waals surface area contributed by atoms with E-state index in [1.807, 2.05) is 6.92 Å². The minimum absolute atomic E-state index is 0.0462. The summed E-state index contributed by atoms with van der Waals surface area (Å²) in [5.41, 5.74) is 0. The predicted molar refractivity (Wildman–Crippen MR) is 80.2 cm³/mol. The van der Waals surface area contributed by atoms with Crippen LogP contribution in [0.2, 0.25) is 0 Å². The van der Waals surface area contributed by atoms with Crippen LogP contribution in [0.1, 0.15) is 30.0 Å². The zero-order valence-corrected chi connectivity index (χ0v) is 12.9. The number of carbonyl (C=O) groups excluding carboxylic acids is 1. The van der Waals surface area contributed by atoms with Gasteiger partial charge >= 0.3 is 12.0 Å². The highest BCUT2D eigenvalue weighted by Gasteiger charge is 2.12. The molecule has 0 aliphatic heterocycles. The molecule has 1 heterocycles. The number of carbonyl (C=O) groups is 2. The van der Waals surface area contributed by atoms with Gasteiger partial charge in [-0.05, 0) is 32.4 Å². The molecule has 2 amide bonds. The molecule has 0 fully saturated rings. The highest BCUT2D eigenvalue weighted by molar-refractivity contribution is 7.11. The molecule has 3 N–H and O–H groups in total. The fourth-order valence-corrected chi connectivity index (χ4v) is 2.77. The Morgan fingerprint density at radius 1 is 1.35 bits per heavy atom. The number of nitrogens with one attached hydrogen (secondary N) is 2. The van der Waals surface area contributed by atoms with Crippen LogP contribution in [0.4, 0.5) is 4.79 Å². The van der Waals surface area contributed by atoms with Crippen molar-refractivity contribution in [1.29, 1.82) is 0 Å². The van der Waals surface area contributed by atoms with Crippen LogP contribution in [0.25, 0.3) is 0 Å². The first kappa shape index (κ1) is 16.5. The lowest BCUT2D eigenvalue weighted by molar-refractivity contribution is -0.141. The van der Waals surface area contributed by atoms with Crippen molar-refractivity contribution in [2.45, 2.75) is 39.7 Å². The van der Waals surface area contributed by atoms with Crippen LogP contribution >= 0.6 is 11.3 Å². The van der Waals surface area contributed by atoms with Gasteiger partial charge in [-0.25, -0.2) is 4.79 Å². The van der Waals surface area contributed by atoms with Crippen molar-refractivity contribution in [3.05, 3.63) is 21.9 Å². The van der Waals surface area contributed by atoms with E-state index < -0.39 is 11.9 Å². The van der Waals surface area contributed by atoms with E-state index in [1.54, 1.807) is 18.3 Å². The van der Waals surface area contributed by atoms with Crippen molar-refractivity contribution in [3.8, 4) is 0 Å². The first-order chi connectivity index (χ1) is 9.38. The van der Waals surface area contributed by atoms with Crippen LogP contribution in [-0.2, 0) is 11.2 Å². The Balaban J connectivity index is 2.23. The van der Waals surface area contributed by atoms with Gasteiger partial charge in [0.05, 0.1) is 5.92 Å². The van der Waals surface area contributed by atoms with E-state index in [0.717, 1.165) is 6.42 Å². The molecular weight excluding hydrogens is 276 g/mol. The molecule has 6 heteroatoms. The second-order valence-corrected chi connectivity index (χ2v) is 6.42. The highest BCUT2D eigenvalue weighted by atomic mass is 32.1. The minimum Gasteiger partial charge on any atom is -0.481 e. The van der Waals surface area contributed by atoms with Crippen LogP contribution in [0, 0.1) is 12.8 Å². The predicted octanol–water partition coefficient (Wildman–Crippen LogP) is 2.40. The second-order valence-electron chi connectivity index (χ2n) is 5.05. The Morgan fingerprint density at radius 3 is 2.60 bits per heavy atom. The molecular formula is C14H22N2O3S. The summed E-state index contributed by atoms with van der Waals surface area (Å²) in [6, 6.07) is 3.94. The van der Waals surface area contributed by atoms with Crippen LogP contribution < -0.4 is 10.6 Å². The Labute approximate surface area is 123 Å². The van der Waals surface area contributed by atoms with Crippen LogP contribution in [0.3, 0.4) is 0 Å². The van der Waals surface area contributed by atoms with Gasteiger partial charge in [-0.15, -0.1) is 11.3 Å². The molecule has 0 radical (unpaired) electrons. The lowest BCUT2D eigenvalue weighted by Gasteiger charge is -2.14. The van der Waals surface area contributed by atoms with Gasteiger partial charge in [0.15, 0.2) is 0 Å². The number of aliphatic carboxylic acids is 1. The number of carboxylic acid groups (broad SMARTS) is 1. The van der Waals surface area contributed by atoms with E-state index >= 15 is 0 Å². The van der Waals surface area contributed by atoms with Crippen LogP contribution in [0.15, 0.2) is 12.1 Å². The molecule has 1 aromatic heterocycles. The summed E-state index contributed by atoms with van der Waals surface area (Å²) in [5.74, 6) is -1.28. The molecule has 0 spiro atoms. The smallest absolute Gasteiger partial charge is 0.315 e. The van der Waals surface area contributed by atoms with Crippen molar-refractivity contribution < 1.29 is 14.7 Å². The van der Waals surface area contributed by atoms with Crippen LogP contribution in [-0.4, -0.2) is 29.7 Å². The molecule has 2 unspecified atom stereocenters. The molecule has 0 saturated carbocycles. The number of hydrogen-bond acceptors (Lipinski definition) is 3. The third-order valence-electron chi connectivity index (χ3n) is 2.97. The average Bonchev–Trinajstić information content (AvgIpc) is 2.73. The molecule has 5 nitrogen and oxygen atoms in total. The summed E-state index contributed by atoms with van der Waals surface area (Å²) >= 11 is 1.73. The summed E-state index contributed by atoms with van der Waals surface area (Å²) in [5, 5.41) is 14.3. The van der Waals surface area contributed by atoms with E-state index in [9.17, 15) is 9.59 Å². The largest absolute Gasteiger partial charge is 0.481 e. The van der Waals surface area contributed by atoms with E-state index in [-0.39, 0.29) is 12.1 Å². The third kappa shape index (κ3) is 6.06. The number of urea groups is 1. The number of carboxylic acids is 1. The van der Waals surface area contributed by atoms with E-state index in [4.69, 9.17) is 5.11 Å². The number of rotatable bonds is 7. The molecule has 2 atom stereocenters. The second kappa shape index (κ2) is 7.89. The zero-order chi connectivity index (χ0) is 15.1. The Bertz CT molecular complexity index is 459. The minimum atomic E-state index is -0.839. The van der Waals surface area contributed by atoms with Gasteiger partial charge in [0.25, 0.3) is 0 Å². The maximum absolute atomic E-state index is 11.6. The summed E-state index contributed by atoms with van der Waals surface area (Å²) in [6.45, 7) is 6.00. The Kier molecular flexibility index (Phi) is 6.51.